The Hall–Kier alpha value is -1.50. The number of fused-ring (bicyclic) bond motifs is 3. The van der Waals surface area contributed by atoms with Crippen LogP contribution in [-0.2, 0) is 0 Å². The van der Waals surface area contributed by atoms with Gasteiger partial charge in [-0.3, -0.25) is 4.79 Å². The quantitative estimate of drug-likeness (QED) is 0.903. The normalized spacial score (nSPS) is 25.6. The maximum absolute atomic E-state index is 12.5. The topological polar surface area (TPSA) is 58.4 Å². The van der Waals surface area contributed by atoms with Crippen molar-refractivity contribution in [2.24, 2.45) is 5.92 Å². The molecule has 3 fully saturated rings. The van der Waals surface area contributed by atoms with E-state index in [-0.39, 0.29) is 17.3 Å². The Kier molecular flexibility index (Phi) is 4.52. The molecule has 2 aromatic rings. The van der Waals surface area contributed by atoms with Crippen LogP contribution in [0.3, 0.4) is 0 Å². The van der Waals surface area contributed by atoms with Crippen molar-refractivity contribution in [3.8, 4) is 0 Å². The summed E-state index contributed by atoms with van der Waals surface area (Å²) in [5.41, 5.74) is 0.686. The zero-order valence-corrected chi connectivity index (χ0v) is 14.6. The molecule has 7 heteroatoms. The van der Waals surface area contributed by atoms with E-state index < -0.39 is 0 Å². The molecule has 1 amide bonds. The van der Waals surface area contributed by atoms with Crippen LogP contribution in [-0.4, -0.2) is 41.5 Å². The summed E-state index contributed by atoms with van der Waals surface area (Å²) in [6.45, 7) is 3.33. The summed E-state index contributed by atoms with van der Waals surface area (Å²) in [4.78, 5) is 19.7. The molecule has 1 aromatic heterocycles. The average Bonchev–Trinajstić information content (AvgIpc) is 3.01. The zero-order chi connectivity index (χ0) is 16.5. The first-order chi connectivity index (χ1) is 11.7. The first-order valence-electron chi connectivity index (χ1n) is 8.10. The number of nitrogens with zero attached hydrogens (tertiary/aromatic N) is 2. The Labute approximate surface area is 149 Å². The minimum atomic E-state index is 0.00742. The predicted molar refractivity (Wildman–Crippen MR) is 92.5 cm³/mol. The highest BCUT2D eigenvalue weighted by Crippen LogP contribution is 2.30. The molecule has 1 N–H and O–H groups in total. The van der Waals surface area contributed by atoms with Crippen LogP contribution < -0.4 is 5.32 Å². The molecule has 3 aliphatic rings. The predicted octanol–water partition coefficient (Wildman–Crippen LogP) is 3.30. The van der Waals surface area contributed by atoms with Gasteiger partial charge in [-0.25, -0.2) is 4.98 Å². The molecule has 1 aromatic carbocycles. The Morgan fingerprint density at radius 2 is 2.04 bits per heavy atom. The number of oxazole rings is 1. The number of piperidine rings is 3. The lowest BCUT2D eigenvalue weighted by atomic mass is 9.84. The number of aromatic nitrogens is 1. The number of hydrogen-bond acceptors (Lipinski definition) is 5. The monoisotopic (exact) mass is 363 g/mol. The van der Waals surface area contributed by atoms with Crippen LogP contribution in [0.25, 0.3) is 0 Å². The Bertz CT molecular complexity index is 726. The number of benzene rings is 1. The van der Waals surface area contributed by atoms with Gasteiger partial charge in [-0.1, -0.05) is 11.8 Å². The number of hydrogen-bond donors (Lipinski definition) is 1. The minimum absolute atomic E-state index is 0.00742. The van der Waals surface area contributed by atoms with E-state index in [2.05, 4.69) is 15.2 Å². The van der Waals surface area contributed by atoms with Gasteiger partial charge >= 0.3 is 0 Å². The fraction of sp³-hybridized carbons (Fsp3) is 0.412. The summed E-state index contributed by atoms with van der Waals surface area (Å²) < 4.78 is 5.23. The third-order valence-electron chi connectivity index (χ3n) is 4.76. The zero-order valence-electron chi connectivity index (χ0n) is 13.1. The smallest absolute Gasteiger partial charge is 0.293 e. The van der Waals surface area contributed by atoms with Crippen molar-refractivity contribution in [3.63, 3.8) is 0 Å². The summed E-state index contributed by atoms with van der Waals surface area (Å²) in [7, 11) is 0. The lowest BCUT2D eigenvalue weighted by Gasteiger charge is -2.44. The van der Waals surface area contributed by atoms with Crippen LogP contribution in [0, 0.1) is 5.92 Å². The van der Waals surface area contributed by atoms with Crippen LogP contribution in [0.4, 0.5) is 0 Å². The molecule has 3 aliphatic heterocycles. The number of nitrogens with one attached hydrogen (secondary N) is 1. The summed E-state index contributed by atoms with van der Waals surface area (Å²) in [6, 6.07) is 7.79. The van der Waals surface area contributed by atoms with E-state index in [1.54, 1.807) is 6.20 Å². The molecular weight excluding hydrogens is 346 g/mol. The standard InChI is InChI=1S/C17H18ClN3O2S/c18-17-19-9-15(23-17)24-13-3-1-12(2-4-13)16(22)20-14-10-21-7-5-11(14)6-8-21/h1-4,9,11,14H,5-8,10H2,(H,20,22). The third-order valence-corrected chi connectivity index (χ3v) is 5.84. The van der Waals surface area contributed by atoms with Crippen molar-refractivity contribution in [2.45, 2.75) is 28.9 Å². The van der Waals surface area contributed by atoms with Crippen molar-refractivity contribution in [3.05, 3.63) is 41.4 Å². The molecule has 2 bridgehead atoms. The summed E-state index contributed by atoms with van der Waals surface area (Å²) in [6.07, 6.45) is 3.97. The van der Waals surface area contributed by atoms with Crippen molar-refractivity contribution >= 4 is 29.3 Å². The number of amides is 1. The second-order valence-corrected chi connectivity index (χ2v) is 7.68. The van der Waals surface area contributed by atoms with Crippen LogP contribution in [0.5, 0.6) is 0 Å². The molecule has 0 radical (unpaired) electrons. The highest BCUT2D eigenvalue weighted by atomic mass is 35.5. The van der Waals surface area contributed by atoms with E-state index in [1.807, 2.05) is 24.3 Å². The molecule has 4 heterocycles. The van der Waals surface area contributed by atoms with Crippen molar-refractivity contribution in [1.82, 2.24) is 15.2 Å². The number of carbonyl (C=O) groups excluding carboxylic acids is 1. The molecule has 5 nitrogen and oxygen atoms in total. The van der Waals surface area contributed by atoms with E-state index in [0.717, 1.165) is 11.4 Å². The Morgan fingerprint density at radius 3 is 2.62 bits per heavy atom. The van der Waals surface area contributed by atoms with Crippen LogP contribution in [0.15, 0.2) is 44.9 Å². The minimum Gasteiger partial charge on any atom is -0.421 e. The fourth-order valence-electron chi connectivity index (χ4n) is 3.46. The molecule has 0 saturated carbocycles. The van der Waals surface area contributed by atoms with Crippen LogP contribution in [0.1, 0.15) is 23.2 Å². The molecule has 24 heavy (non-hydrogen) atoms. The first-order valence-corrected chi connectivity index (χ1v) is 9.29. The molecule has 3 saturated heterocycles. The first kappa shape index (κ1) is 16.0. The van der Waals surface area contributed by atoms with Crippen molar-refractivity contribution < 1.29 is 9.21 Å². The van der Waals surface area contributed by atoms with Crippen LogP contribution >= 0.6 is 23.4 Å². The second-order valence-electron chi connectivity index (χ2n) is 6.28. The molecule has 1 unspecified atom stereocenters. The Balaban J connectivity index is 1.38. The van der Waals surface area contributed by atoms with E-state index in [9.17, 15) is 4.79 Å². The highest BCUT2D eigenvalue weighted by Gasteiger charge is 2.34. The molecule has 5 rings (SSSR count). The van der Waals surface area contributed by atoms with E-state index in [4.69, 9.17) is 16.0 Å². The van der Waals surface area contributed by atoms with E-state index >= 15 is 0 Å². The third kappa shape index (κ3) is 3.45. The van der Waals surface area contributed by atoms with Gasteiger partial charge in [0.1, 0.15) is 0 Å². The SMILES string of the molecule is O=C(NC1CN2CCC1CC2)c1ccc(Sc2cnc(Cl)o2)cc1. The van der Waals surface area contributed by atoms with E-state index in [0.29, 0.717) is 16.6 Å². The lowest BCUT2D eigenvalue weighted by Crippen LogP contribution is -2.57. The van der Waals surface area contributed by atoms with Gasteiger partial charge in [0.05, 0.1) is 6.20 Å². The van der Waals surface area contributed by atoms with Gasteiger partial charge in [0.15, 0.2) is 5.09 Å². The Morgan fingerprint density at radius 1 is 1.29 bits per heavy atom. The maximum atomic E-state index is 12.5. The van der Waals surface area contributed by atoms with Gasteiger partial charge in [-0.05, 0) is 67.7 Å². The molecular formula is C17H18ClN3O2S. The van der Waals surface area contributed by atoms with Gasteiger partial charge in [0.2, 0.25) is 0 Å². The molecule has 0 spiro atoms. The molecule has 0 aliphatic carbocycles. The van der Waals surface area contributed by atoms with Gasteiger partial charge < -0.3 is 14.6 Å². The summed E-state index contributed by atoms with van der Waals surface area (Å²) in [5.74, 6) is 0.637. The largest absolute Gasteiger partial charge is 0.421 e. The lowest BCUT2D eigenvalue weighted by molar-refractivity contribution is 0.0620. The van der Waals surface area contributed by atoms with Crippen LogP contribution in [0.2, 0.25) is 5.35 Å². The van der Waals surface area contributed by atoms with Gasteiger partial charge in [0.25, 0.3) is 11.3 Å². The maximum Gasteiger partial charge on any atom is 0.293 e. The fourth-order valence-corrected chi connectivity index (χ4v) is 4.37. The second kappa shape index (κ2) is 6.78. The summed E-state index contributed by atoms with van der Waals surface area (Å²) in [5, 5.41) is 3.97. The van der Waals surface area contributed by atoms with Crippen molar-refractivity contribution in [2.75, 3.05) is 19.6 Å². The van der Waals surface area contributed by atoms with E-state index in [1.165, 1.54) is 37.7 Å². The van der Waals surface area contributed by atoms with Gasteiger partial charge in [0, 0.05) is 23.0 Å². The molecule has 126 valence electrons. The number of rotatable bonds is 4. The molecule has 1 atom stereocenters. The summed E-state index contributed by atoms with van der Waals surface area (Å²) >= 11 is 7.09. The highest BCUT2D eigenvalue weighted by molar-refractivity contribution is 7.99. The number of carbonyl (C=O) groups is 1. The number of halogens is 1. The van der Waals surface area contributed by atoms with Gasteiger partial charge in [-0.15, -0.1) is 0 Å². The van der Waals surface area contributed by atoms with Gasteiger partial charge in [-0.2, -0.15) is 0 Å². The average molecular weight is 364 g/mol. The van der Waals surface area contributed by atoms with Crippen molar-refractivity contribution in [1.29, 1.82) is 0 Å².